The standard InChI is InChI=1S/C18H23N3S/c1-15-5-6-17(16(2)12-15)14-20-7-9-21(10-8-20)19-13-18-4-3-11-22-18/h3-6,11-13H,7-10,14H2,1-2H3/b19-13+. The van der Waals surface area contributed by atoms with E-state index >= 15 is 0 Å². The van der Waals surface area contributed by atoms with Crippen molar-refractivity contribution in [1.29, 1.82) is 0 Å². The number of benzene rings is 1. The summed E-state index contributed by atoms with van der Waals surface area (Å²) in [5, 5.41) is 8.85. The monoisotopic (exact) mass is 313 g/mol. The predicted octanol–water partition coefficient (Wildman–Crippen LogP) is 3.52. The smallest absolute Gasteiger partial charge is 0.0642 e. The van der Waals surface area contributed by atoms with E-state index < -0.39 is 0 Å². The molecule has 4 heteroatoms. The van der Waals surface area contributed by atoms with Crippen LogP contribution in [0.3, 0.4) is 0 Å². The fourth-order valence-electron chi connectivity index (χ4n) is 2.78. The maximum absolute atomic E-state index is 4.59. The highest BCUT2D eigenvalue weighted by atomic mass is 32.1. The van der Waals surface area contributed by atoms with E-state index in [4.69, 9.17) is 0 Å². The summed E-state index contributed by atoms with van der Waals surface area (Å²) in [4.78, 5) is 3.74. The molecule has 0 unspecified atom stereocenters. The van der Waals surface area contributed by atoms with Crippen LogP contribution in [-0.2, 0) is 6.54 Å². The van der Waals surface area contributed by atoms with Gasteiger partial charge in [-0.25, -0.2) is 0 Å². The average molecular weight is 313 g/mol. The Morgan fingerprint density at radius 3 is 2.64 bits per heavy atom. The second kappa shape index (κ2) is 7.07. The molecule has 1 aliphatic heterocycles. The quantitative estimate of drug-likeness (QED) is 0.804. The maximum atomic E-state index is 4.59. The molecule has 0 amide bonds. The van der Waals surface area contributed by atoms with Crippen LogP contribution >= 0.6 is 11.3 Å². The molecule has 22 heavy (non-hydrogen) atoms. The number of hydrazone groups is 1. The molecule has 0 bridgehead atoms. The second-order valence-corrected chi connectivity index (χ2v) is 6.90. The molecule has 116 valence electrons. The first kappa shape index (κ1) is 15.3. The molecule has 0 aliphatic carbocycles. The molecule has 1 aromatic heterocycles. The Labute approximate surface area is 136 Å². The molecule has 3 rings (SSSR count). The molecule has 3 nitrogen and oxygen atoms in total. The Kier molecular flexibility index (Phi) is 4.90. The van der Waals surface area contributed by atoms with Crippen LogP contribution in [0.4, 0.5) is 0 Å². The van der Waals surface area contributed by atoms with Crippen LogP contribution in [0.2, 0.25) is 0 Å². The van der Waals surface area contributed by atoms with E-state index in [2.05, 4.69) is 64.6 Å². The number of hydrogen-bond donors (Lipinski definition) is 0. The zero-order valence-corrected chi connectivity index (χ0v) is 14.1. The van der Waals surface area contributed by atoms with Gasteiger partial charge in [-0.3, -0.25) is 9.91 Å². The lowest BCUT2D eigenvalue weighted by Gasteiger charge is -2.33. The maximum Gasteiger partial charge on any atom is 0.0642 e. The summed E-state index contributed by atoms with van der Waals surface area (Å²) >= 11 is 1.73. The van der Waals surface area contributed by atoms with Crippen LogP contribution in [0.15, 0.2) is 40.8 Å². The summed E-state index contributed by atoms with van der Waals surface area (Å²) in [7, 11) is 0. The SMILES string of the molecule is Cc1ccc(CN2CCN(/N=C/c3cccs3)CC2)c(C)c1. The van der Waals surface area contributed by atoms with Gasteiger partial charge in [0.2, 0.25) is 0 Å². The van der Waals surface area contributed by atoms with Crippen molar-refractivity contribution in [3.8, 4) is 0 Å². The lowest BCUT2D eigenvalue weighted by atomic mass is 10.1. The third-order valence-corrected chi connectivity index (χ3v) is 4.94. The van der Waals surface area contributed by atoms with Crippen LogP contribution in [0.5, 0.6) is 0 Å². The number of hydrogen-bond acceptors (Lipinski definition) is 4. The summed E-state index contributed by atoms with van der Waals surface area (Å²) in [5.74, 6) is 0. The third-order valence-electron chi connectivity index (χ3n) is 4.13. The minimum absolute atomic E-state index is 1.01. The molecule has 0 N–H and O–H groups in total. The van der Waals surface area contributed by atoms with Gasteiger partial charge in [-0.2, -0.15) is 5.10 Å². The molecule has 0 spiro atoms. The van der Waals surface area contributed by atoms with Crippen LogP contribution in [0.25, 0.3) is 0 Å². The minimum Gasteiger partial charge on any atom is -0.295 e. The van der Waals surface area contributed by atoms with Gasteiger partial charge in [0.25, 0.3) is 0 Å². The van der Waals surface area contributed by atoms with E-state index in [0.29, 0.717) is 0 Å². The van der Waals surface area contributed by atoms with Gasteiger partial charge in [0.1, 0.15) is 0 Å². The number of rotatable bonds is 4. The fourth-order valence-corrected chi connectivity index (χ4v) is 3.36. The molecule has 0 atom stereocenters. The summed E-state index contributed by atoms with van der Waals surface area (Å²) in [6.45, 7) is 9.59. The zero-order valence-electron chi connectivity index (χ0n) is 13.3. The highest BCUT2D eigenvalue weighted by molar-refractivity contribution is 7.11. The van der Waals surface area contributed by atoms with E-state index in [0.717, 1.165) is 32.7 Å². The van der Waals surface area contributed by atoms with E-state index in [9.17, 15) is 0 Å². The van der Waals surface area contributed by atoms with Crippen LogP contribution < -0.4 is 0 Å². The van der Waals surface area contributed by atoms with E-state index in [1.54, 1.807) is 11.3 Å². The Morgan fingerprint density at radius 1 is 1.14 bits per heavy atom. The Hall–Kier alpha value is -1.65. The lowest BCUT2D eigenvalue weighted by molar-refractivity contribution is 0.131. The Bertz CT molecular complexity index is 626. The third kappa shape index (κ3) is 3.96. The van der Waals surface area contributed by atoms with Crippen molar-refractivity contribution in [3.05, 3.63) is 57.3 Å². The molecule has 1 aromatic carbocycles. The normalized spacial score (nSPS) is 16.5. The fraction of sp³-hybridized carbons (Fsp3) is 0.389. The first-order chi connectivity index (χ1) is 10.7. The number of piperazine rings is 1. The van der Waals surface area contributed by atoms with Gasteiger partial charge in [-0.05, 0) is 36.4 Å². The summed E-state index contributed by atoms with van der Waals surface area (Å²) in [6, 6.07) is 10.9. The van der Waals surface area contributed by atoms with Crippen LogP contribution in [-0.4, -0.2) is 42.3 Å². The van der Waals surface area contributed by atoms with Gasteiger partial charge in [-0.15, -0.1) is 11.3 Å². The summed E-state index contributed by atoms with van der Waals surface area (Å²) in [6.07, 6.45) is 1.98. The van der Waals surface area contributed by atoms with Crippen molar-refractivity contribution in [2.75, 3.05) is 26.2 Å². The van der Waals surface area contributed by atoms with Gasteiger partial charge in [0.05, 0.1) is 6.21 Å². The highest BCUT2D eigenvalue weighted by Gasteiger charge is 2.16. The molecule has 0 radical (unpaired) electrons. The van der Waals surface area contributed by atoms with Crippen molar-refractivity contribution in [2.24, 2.45) is 5.10 Å². The largest absolute Gasteiger partial charge is 0.295 e. The molecule has 0 saturated carbocycles. The van der Waals surface area contributed by atoms with E-state index in [1.165, 1.54) is 21.6 Å². The van der Waals surface area contributed by atoms with E-state index in [1.807, 2.05) is 6.21 Å². The van der Waals surface area contributed by atoms with Gasteiger partial charge < -0.3 is 0 Å². The Balaban J connectivity index is 1.51. The molecule has 1 saturated heterocycles. The average Bonchev–Trinajstić information content (AvgIpc) is 3.03. The molecule has 2 heterocycles. The highest BCUT2D eigenvalue weighted by Crippen LogP contribution is 2.15. The molecule has 2 aromatic rings. The molecular weight excluding hydrogens is 290 g/mol. The summed E-state index contributed by atoms with van der Waals surface area (Å²) < 4.78 is 0. The van der Waals surface area contributed by atoms with E-state index in [-0.39, 0.29) is 0 Å². The number of nitrogens with zero attached hydrogens (tertiary/aromatic N) is 3. The predicted molar refractivity (Wildman–Crippen MR) is 94.7 cm³/mol. The molecule has 1 fully saturated rings. The number of thiophene rings is 1. The van der Waals surface area contributed by atoms with Gasteiger partial charge in [-0.1, -0.05) is 29.8 Å². The Morgan fingerprint density at radius 2 is 1.95 bits per heavy atom. The van der Waals surface area contributed by atoms with Crippen molar-refractivity contribution < 1.29 is 0 Å². The minimum atomic E-state index is 1.01. The lowest BCUT2D eigenvalue weighted by Crippen LogP contribution is -2.43. The molecule has 1 aliphatic rings. The van der Waals surface area contributed by atoms with Crippen molar-refractivity contribution >= 4 is 17.6 Å². The van der Waals surface area contributed by atoms with Gasteiger partial charge in [0, 0.05) is 37.6 Å². The summed E-state index contributed by atoms with van der Waals surface area (Å²) in [5.41, 5.74) is 4.19. The van der Waals surface area contributed by atoms with Crippen molar-refractivity contribution in [2.45, 2.75) is 20.4 Å². The second-order valence-electron chi connectivity index (χ2n) is 5.92. The van der Waals surface area contributed by atoms with Gasteiger partial charge in [0.15, 0.2) is 0 Å². The van der Waals surface area contributed by atoms with Crippen molar-refractivity contribution in [1.82, 2.24) is 9.91 Å². The molecular formula is C18H23N3S. The van der Waals surface area contributed by atoms with Gasteiger partial charge >= 0.3 is 0 Å². The first-order valence-electron chi connectivity index (χ1n) is 7.81. The topological polar surface area (TPSA) is 18.8 Å². The number of aryl methyl sites for hydroxylation is 2. The zero-order chi connectivity index (χ0) is 15.4. The first-order valence-corrected chi connectivity index (χ1v) is 8.69. The van der Waals surface area contributed by atoms with Crippen LogP contribution in [0.1, 0.15) is 21.6 Å². The van der Waals surface area contributed by atoms with Crippen molar-refractivity contribution in [3.63, 3.8) is 0 Å². The van der Waals surface area contributed by atoms with Crippen LogP contribution in [0, 0.1) is 13.8 Å².